The number of carbonyl (C=O) groups excluding carboxylic acids is 4. The number of rotatable bonds is 5. The summed E-state index contributed by atoms with van der Waals surface area (Å²) < 4.78 is 0. The van der Waals surface area contributed by atoms with E-state index in [0.717, 1.165) is 24.8 Å². The van der Waals surface area contributed by atoms with Crippen LogP contribution in [0.25, 0.3) is 0 Å². The Morgan fingerprint density at radius 2 is 1.58 bits per heavy atom. The fourth-order valence-corrected chi connectivity index (χ4v) is 7.20. The zero-order valence-corrected chi connectivity index (χ0v) is 21.2. The van der Waals surface area contributed by atoms with Gasteiger partial charge in [-0.1, -0.05) is 51.5 Å². The summed E-state index contributed by atoms with van der Waals surface area (Å²) in [6.07, 6.45) is 11.8. The summed E-state index contributed by atoms with van der Waals surface area (Å²) in [5.74, 6) is 0.681. The van der Waals surface area contributed by atoms with Crippen molar-refractivity contribution in [3.8, 4) is 0 Å². The molecule has 3 aliphatic rings. The Morgan fingerprint density at radius 1 is 0.909 bits per heavy atom. The average Bonchev–Trinajstić information content (AvgIpc) is 3.00. The van der Waals surface area contributed by atoms with E-state index in [1.54, 1.807) is 25.2 Å². The lowest BCUT2D eigenvalue weighted by molar-refractivity contribution is -0.154. The van der Waals surface area contributed by atoms with Crippen LogP contribution in [0, 0.1) is 28.1 Å². The summed E-state index contributed by atoms with van der Waals surface area (Å²) in [5.41, 5.74) is 1.32. The first-order chi connectivity index (χ1) is 15.2. The maximum absolute atomic E-state index is 13.3. The molecule has 33 heavy (non-hydrogen) atoms. The highest BCUT2D eigenvalue weighted by Crippen LogP contribution is 2.68. The van der Waals surface area contributed by atoms with E-state index in [9.17, 15) is 19.2 Å². The Labute approximate surface area is 198 Å². The van der Waals surface area contributed by atoms with Gasteiger partial charge in [0.1, 0.15) is 5.78 Å². The Balaban J connectivity index is 1.92. The van der Waals surface area contributed by atoms with Crippen LogP contribution in [-0.4, -0.2) is 23.1 Å². The standard InChI is InChI=1S/C29H38O4/c1-18(9-8-10-19(2)30)11-12-21(31)20(3)26-22(32)17-24-28(6)16-14-25(33)27(4,5)23(28)13-15-29(24,26)7/h8-12,23-24H,13-17H2,1-7H3/b10-8+,12-11+,18-9+,26-20+/t23-,24-,28-,29-/m0/s1. The lowest BCUT2D eigenvalue weighted by Crippen LogP contribution is -2.56. The topological polar surface area (TPSA) is 68.3 Å². The molecule has 3 aliphatic carbocycles. The van der Waals surface area contributed by atoms with E-state index in [2.05, 4.69) is 27.7 Å². The summed E-state index contributed by atoms with van der Waals surface area (Å²) in [4.78, 5) is 50.1. The van der Waals surface area contributed by atoms with Gasteiger partial charge >= 0.3 is 0 Å². The van der Waals surface area contributed by atoms with E-state index in [1.807, 2.05) is 6.92 Å². The molecule has 0 aromatic carbocycles. The highest BCUT2D eigenvalue weighted by molar-refractivity contribution is 6.12. The van der Waals surface area contributed by atoms with E-state index >= 15 is 0 Å². The molecule has 0 amide bonds. The normalized spacial score (nSPS) is 35.7. The van der Waals surface area contributed by atoms with Gasteiger partial charge in [-0.2, -0.15) is 0 Å². The lowest BCUT2D eigenvalue weighted by atomic mass is 9.43. The summed E-state index contributed by atoms with van der Waals surface area (Å²) in [7, 11) is 0. The van der Waals surface area contributed by atoms with Gasteiger partial charge in [-0.15, -0.1) is 0 Å². The first-order valence-corrected chi connectivity index (χ1v) is 12.1. The summed E-state index contributed by atoms with van der Waals surface area (Å²) in [6, 6.07) is 0. The molecular formula is C29H38O4. The van der Waals surface area contributed by atoms with Gasteiger partial charge < -0.3 is 0 Å². The van der Waals surface area contributed by atoms with E-state index in [-0.39, 0.29) is 45.4 Å². The number of carbonyl (C=O) groups is 4. The van der Waals surface area contributed by atoms with Crippen molar-refractivity contribution in [1.29, 1.82) is 0 Å². The second-order valence-corrected chi connectivity index (χ2v) is 11.4. The second-order valence-electron chi connectivity index (χ2n) is 11.4. The fraction of sp³-hybridized carbons (Fsp3) is 0.586. The maximum Gasteiger partial charge on any atom is 0.181 e. The van der Waals surface area contributed by atoms with Crippen molar-refractivity contribution < 1.29 is 19.2 Å². The van der Waals surface area contributed by atoms with Crippen LogP contribution in [0.15, 0.2) is 47.1 Å². The zero-order chi connectivity index (χ0) is 24.8. The summed E-state index contributed by atoms with van der Waals surface area (Å²) in [5, 5.41) is 0. The molecule has 3 saturated carbocycles. The van der Waals surface area contributed by atoms with Gasteiger partial charge in [-0.05, 0) is 69.4 Å². The van der Waals surface area contributed by atoms with Crippen molar-refractivity contribution in [2.24, 2.45) is 28.1 Å². The quantitative estimate of drug-likeness (QED) is 0.385. The summed E-state index contributed by atoms with van der Waals surface area (Å²) >= 11 is 0. The van der Waals surface area contributed by atoms with Crippen LogP contribution < -0.4 is 0 Å². The van der Waals surface area contributed by atoms with E-state index in [1.165, 1.54) is 19.1 Å². The molecule has 0 radical (unpaired) electrons. The minimum atomic E-state index is -0.363. The Kier molecular flexibility index (Phi) is 6.72. The molecule has 4 nitrogen and oxygen atoms in total. The van der Waals surface area contributed by atoms with Crippen LogP contribution in [0.1, 0.15) is 80.6 Å². The highest BCUT2D eigenvalue weighted by atomic mass is 16.1. The molecule has 0 unspecified atom stereocenters. The number of Topliss-reactive ketones (excluding diaryl/α,β-unsaturated/α-hetero) is 2. The van der Waals surface area contributed by atoms with Gasteiger partial charge in [-0.3, -0.25) is 19.2 Å². The Bertz CT molecular complexity index is 1020. The number of hydrogen-bond donors (Lipinski definition) is 0. The van der Waals surface area contributed by atoms with Crippen molar-refractivity contribution in [1.82, 2.24) is 0 Å². The fourth-order valence-electron chi connectivity index (χ4n) is 7.20. The average molecular weight is 451 g/mol. The maximum atomic E-state index is 13.3. The molecule has 0 bridgehead atoms. The van der Waals surface area contributed by atoms with Crippen molar-refractivity contribution in [3.63, 3.8) is 0 Å². The first kappa shape index (κ1) is 25.3. The predicted molar refractivity (Wildman–Crippen MR) is 130 cm³/mol. The van der Waals surface area contributed by atoms with Gasteiger partial charge in [0.25, 0.3) is 0 Å². The number of fused-ring (bicyclic) bond motifs is 3. The number of ketones is 4. The Morgan fingerprint density at radius 3 is 2.21 bits per heavy atom. The van der Waals surface area contributed by atoms with Gasteiger partial charge in [0, 0.05) is 34.8 Å². The predicted octanol–water partition coefficient (Wildman–Crippen LogP) is 5.92. The molecule has 178 valence electrons. The SMILES string of the molecule is CC(=O)/C=C/C=C(C)/C=C/C(=O)/C(C)=C1\C(=O)C[C@H]2[C@@]3(C)CCC(=O)C(C)(C)[C@@H]3CC[C@]12C. The van der Waals surface area contributed by atoms with Crippen molar-refractivity contribution >= 4 is 23.1 Å². The Hall–Kier alpha value is -2.36. The minimum Gasteiger partial charge on any atom is -0.299 e. The van der Waals surface area contributed by atoms with Crippen molar-refractivity contribution in [2.75, 3.05) is 0 Å². The first-order valence-electron chi connectivity index (χ1n) is 12.1. The highest BCUT2D eigenvalue weighted by Gasteiger charge is 2.64. The van der Waals surface area contributed by atoms with Crippen molar-refractivity contribution in [3.05, 3.63) is 47.1 Å². The molecule has 0 spiro atoms. The minimum absolute atomic E-state index is 0.0311. The third kappa shape index (κ3) is 4.29. The monoisotopic (exact) mass is 450 g/mol. The van der Waals surface area contributed by atoms with Gasteiger partial charge in [0.15, 0.2) is 17.3 Å². The molecule has 3 fully saturated rings. The van der Waals surface area contributed by atoms with Gasteiger partial charge in [-0.25, -0.2) is 0 Å². The van der Waals surface area contributed by atoms with E-state index in [4.69, 9.17) is 0 Å². The molecule has 3 rings (SSSR count). The molecule has 0 saturated heterocycles. The van der Waals surface area contributed by atoms with Gasteiger partial charge in [0.05, 0.1) is 0 Å². The molecule has 0 aromatic rings. The molecule has 4 atom stereocenters. The van der Waals surface area contributed by atoms with Crippen LogP contribution >= 0.6 is 0 Å². The molecule has 0 N–H and O–H groups in total. The van der Waals surface area contributed by atoms with Crippen LogP contribution in [0.5, 0.6) is 0 Å². The van der Waals surface area contributed by atoms with Crippen LogP contribution in [-0.2, 0) is 19.2 Å². The number of allylic oxidation sites excluding steroid dienone is 8. The molecule has 0 aliphatic heterocycles. The second kappa shape index (κ2) is 8.77. The van der Waals surface area contributed by atoms with Crippen LogP contribution in [0.3, 0.4) is 0 Å². The van der Waals surface area contributed by atoms with Crippen LogP contribution in [0.4, 0.5) is 0 Å². The van der Waals surface area contributed by atoms with Gasteiger partial charge in [0.2, 0.25) is 0 Å². The molecule has 0 heterocycles. The third-order valence-electron chi connectivity index (χ3n) is 8.97. The van der Waals surface area contributed by atoms with E-state index in [0.29, 0.717) is 29.8 Å². The smallest absolute Gasteiger partial charge is 0.181 e. The lowest BCUT2D eigenvalue weighted by Gasteiger charge is -2.60. The molecular weight excluding hydrogens is 412 g/mol. The van der Waals surface area contributed by atoms with E-state index < -0.39 is 0 Å². The van der Waals surface area contributed by atoms with Crippen molar-refractivity contribution in [2.45, 2.75) is 80.6 Å². The molecule has 4 heteroatoms. The summed E-state index contributed by atoms with van der Waals surface area (Å²) in [6.45, 7) is 13.7. The molecule has 0 aromatic heterocycles. The van der Waals surface area contributed by atoms with Crippen LogP contribution in [0.2, 0.25) is 0 Å². The largest absolute Gasteiger partial charge is 0.299 e. The third-order valence-corrected chi connectivity index (χ3v) is 8.97. The number of hydrogen-bond acceptors (Lipinski definition) is 4. The zero-order valence-electron chi connectivity index (χ0n) is 21.2.